The zero-order valence-corrected chi connectivity index (χ0v) is 20.4. The summed E-state index contributed by atoms with van der Waals surface area (Å²) in [6, 6.07) is 4.15. The van der Waals surface area contributed by atoms with Crippen LogP contribution >= 0.6 is 24.0 Å². The molecule has 1 aromatic rings. The predicted molar refractivity (Wildman–Crippen MR) is 128 cm³/mol. The minimum Gasteiger partial charge on any atom is -0.450 e. The molecule has 1 N–H and O–H groups in total. The number of ether oxygens (including phenoxy) is 1. The fourth-order valence-corrected chi connectivity index (χ4v) is 3.15. The van der Waals surface area contributed by atoms with E-state index in [0.29, 0.717) is 26.2 Å². The first kappa shape index (κ1) is 25.3. The summed E-state index contributed by atoms with van der Waals surface area (Å²) in [5.41, 5.74) is 1.08. The van der Waals surface area contributed by atoms with Crippen LogP contribution < -0.4 is 10.2 Å². The molecule has 2 heterocycles. The summed E-state index contributed by atoms with van der Waals surface area (Å²) in [5.74, 6) is 1.87. The number of nitrogens with one attached hydrogen (secondary N) is 1. The highest BCUT2D eigenvalue weighted by atomic mass is 127. The van der Waals surface area contributed by atoms with Gasteiger partial charge in [0.05, 0.1) is 13.2 Å². The van der Waals surface area contributed by atoms with Gasteiger partial charge in [-0.15, -0.1) is 24.0 Å². The molecule has 8 nitrogen and oxygen atoms in total. The molecule has 0 bridgehead atoms. The maximum atomic E-state index is 11.9. The van der Waals surface area contributed by atoms with Gasteiger partial charge in [0.2, 0.25) is 0 Å². The first-order valence-corrected chi connectivity index (χ1v) is 10.3. The lowest BCUT2D eigenvalue weighted by Crippen LogP contribution is -2.53. The third kappa shape index (κ3) is 7.52. The van der Waals surface area contributed by atoms with Crippen LogP contribution in [0.4, 0.5) is 10.6 Å². The zero-order chi connectivity index (χ0) is 20.4. The van der Waals surface area contributed by atoms with Crippen LogP contribution in [0.1, 0.15) is 33.3 Å². The Kier molecular flexibility index (Phi) is 11.7. The molecule has 0 saturated carbocycles. The van der Waals surface area contributed by atoms with Crippen LogP contribution in [-0.4, -0.2) is 79.3 Å². The molecule has 0 unspecified atom stereocenters. The molecule has 1 aromatic heterocycles. The van der Waals surface area contributed by atoms with Crippen molar-refractivity contribution in [1.29, 1.82) is 0 Å². The van der Waals surface area contributed by atoms with E-state index in [4.69, 9.17) is 9.73 Å². The molecular weight excluding hydrogens is 483 g/mol. The molecule has 164 valence electrons. The van der Waals surface area contributed by atoms with Crippen molar-refractivity contribution in [2.24, 2.45) is 4.99 Å². The maximum Gasteiger partial charge on any atom is 0.409 e. The van der Waals surface area contributed by atoms with Crippen molar-refractivity contribution < 1.29 is 9.53 Å². The van der Waals surface area contributed by atoms with Crippen LogP contribution in [-0.2, 0) is 11.3 Å². The van der Waals surface area contributed by atoms with Gasteiger partial charge in [0, 0.05) is 52.0 Å². The van der Waals surface area contributed by atoms with Gasteiger partial charge in [0.25, 0.3) is 0 Å². The second kappa shape index (κ2) is 13.4. The smallest absolute Gasteiger partial charge is 0.409 e. The summed E-state index contributed by atoms with van der Waals surface area (Å²) in [7, 11) is 0. The van der Waals surface area contributed by atoms with Crippen LogP contribution in [0.3, 0.4) is 0 Å². The number of nitrogens with zero attached hydrogens (tertiary/aromatic N) is 5. The number of carbonyl (C=O) groups excluding carboxylic acids is 1. The van der Waals surface area contributed by atoms with Crippen molar-refractivity contribution in [3.8, 4) is 0 Å². The lowest BCUT2D eigenvalue weighted by Gasteiger charge is -2.35. The number of carbonyl (C=O) groups is 1. The van der Waals surface area contributed by atoms with E-state index >= 15 is 0 Å². The van der Waals surface area contributed by atoms with Crippen molar-refractivity contribution >= 4 is 41.8 Å². The molecule has 1 aliphatic heterocycles. The number of guanidine groups is 1. The molecule has 2 rings (SSSR count). The summed E-state index contributed by atoms with van der Waals surface area (Å²) in [6.45, 7) is 14.6. The van der Waals surface area contributed by atoms with Gasteiger partial charge >= 0.3 is 6.09 Å². The molecule has 29 heavy (non-hydrogen) atoms. The van der Waals surface area contributed by atoms with Gasteiger partial charge in [0.1, 0.15) is 5.82 Å². The lowest BCUT2D eigenvalue weighted by atomic mass is 10.2. The molecule has 0 aromatic carbocycles. The molecule has 1 amide bonds. The zero-order valence-electron chi connectivity index (χ0n) is 18.1. The second-order valence-electron chi connectivity index (χ2n) is 6.54. The number of anilines is 1. The quantitative estimate of drug-likeness (QED) is 0.340. The number of hydrogen-bond donors (Lipinski definition) is 1. The van der Waals surface area contributed by atoms with Gasteiger partial charge < -0.3 is 24.8 Å². The van der Waals surface area contributed by atoms with Crippen molar-refractivity contribution in [2.45, 2.75) is 34.2 Å². The third-order valence-corrected chi connectivity index (χ3v) is 4.75. The Hall–Kier alpha value is -1.78. The number of piperazine rings is 1. The fraction of sp³-hybridized carbons (Fsp3) is 0.650. The van der Waals surface area contributed by atoms with E-state index in [0.717, 1.165) is 50.1 Å². The Morgan fingerprint density at radius 3 is 2.31 bits per heavy atom. The minimum absolute atomic E-state index is 0. The number of hydrogen-bond acceptors (Lipinski definition) is 5. The topological polar surface area (TPSA) is 73.3 Å². The van der Waals surface area contributed by atoms with E-state index < -0.39 is 0 Å². The molecule has 9 heteroatoms. The molecule has 0 radical (unpaired) electrons. The van der Waals surface area contributed by atoms with E-state index in [1.807, 2.05) is 13.1 Å². The Labute approximate surface area is 191 Å². The highest BCUT2D eigenvalue weighted by molar-refractivity contribution is 14.0. The van der Waals surface area contributed by atoms with E-state index in [1.165, 1.54) is 0 Å². The normalized spacial score (nSPS) is 14.3. The highest BCUT2D eigenvalue weighted by Gasteiger charge is 2.23. The van der Waals surface area contributed by atoms with Crippen LogP contribution in [0, 0.1) is 0 Å². The first-order chi connectivity index (χ1) is 13.6. The molecule has 0 spiro atoms. The monoisotopic (exact) mass is 518 g/mol. The molecular formula is C20H35IN6O2. The average Bonchev–Trinajstić information content (AvgIpc) is 2.73. The predicted octanol–water partition coefficient (Wildman–Crippen LogP) is 2.79. The number of halogens is 1. The van der Waals surface area contributed by atoms with E-state index in [2.05, 4.69) is 53.0 Å². The van der Waals surface area contributed by atoms with Gasteiger partial charge in [-0.2, -0.15) is 0 Å². The Bertz CT molecular complexity index is 628. The SMILES string of the molecule is CCNC(=NCc1ccc(N(CC)CC)nc1)N1CCN(C(=O)OCC)CC1.I. The van der Waals surface area contributed by atoms with Gasteiger partial charge in [-0.3, -0.25) is 0 Å². The Morgan fingerprint density at radius 1 is 1.14 bits per heavy atom. The number of rotatable bonds is 7. The molecule has 1 saturated heterocycles. The van der Waals surface area contributed by atoms with Crippen molar-refractivity contribution in [3.05, 3.63) is 23.9 Å². The van der Waals surface area contributed by atoms with Gasteiger partial charge in [-0.05, 0) is 39.3 Å². The minimum atomic E-state index is -0.233. The van der Waals surface area contributed by atoms with Crippen molar-refractivity contribution in [2.75, 3.05) is 57.3 Å². The number of aliphatic imine (C=N–C) groups is 1. The number of aromatic nitrogens is 1. The molecule has 0 atom stereocenters. The summed E-state index contributed by atoms with van der Waals surface area (Å²) in [6.07, 6.45) is 1.67. The molecule has 1 fully saturated rings. The highest BCUT2D eigenvalue weighted by Crippen LogP contribution is 2.12. The number of pyridine rings is 1. The van der Waals surface area contributed by atoms with Crippen molar-refractivity contribution in [3.63, 3.8) is 0 Å². The van der Waals surface area contributed by atoms with Gasteiger partial charge in [0.15, 0.2) is 5.96 Å². The average molecular weight is 518 g/mol. The molecule has 0 aliphatic carbocycles. The maximum absolute atomic E-state index is 11.9. The largest absolute Gasteiger partial charge is 0.450 e. The van der Waals surface area contributed by atoms with Gasteiger partial charge in [-0.25, -0.2) is 14.8 Å². The summed E-state index contributed by atoms with van der Waals surface area (Å²) >= 11 is 0. The number of amides is 1. The first-order valence-electron chi connectivity index (χ1n) is 10.3. The van der Waals surface area contributed by atoms with E-state index in [1.54, 1.807) is 4.90 Å². The van der Waals surface area contributed by atoms with Crippen LogP contribution in [0.5, 0.6) is 0 Å². The van der Waals surface area contributed by atoms with E-state index in [-0.39, 0.29) is 30.1 Å². The fourth-order valence-electron chi connectivity index (χ4n) is 3.15. The van der Waals surface area contributed by atoms with Crippen LogP contribution in [0.25, 0.3) is 0 Å². The second-order valence-corrected chi connectivity index (χ2v) is 6.54. The standard InChI is InChI=1S/C20H34N6O2.HI/c1-5-21-19(25-11-13-26(14-12-25)20(27)28-8-4)23-16-17-9-10-18(22-15-17)24(6-2)7-3;/h9-10,15H,5-8,11-14,16H2,1-4H3,(H,21,23);1H. The van der Waals surface area contributed by atoms with Gasteiger partial charge in [-0.1, -0.05) is 6.07 Å². The molecule has 1 aliphatic rings. The summed E-state index contributed by atoms with van der Waals surface area (Å²) in [5, 5.41) is 3.35. The summed E-state index contributed by atoms with van der Waals surface area (Å²) < 4.78 is 5.08. The van der Waals surface area contributed by atoms with Crippen molar-refractivity contribution in [1.82, 2.24) is 20.1 Å². The Balaban J connectivity index is 0.00000420. The van der Waals surface area contributed by atoms with E-state index in [9.17, 15) is 4.79 Å². The summed E-state index contributed by atoms with van der Waals surface area (Å²) in [4.78, 5) is 27.4. The van der Waals surface area contributed by atoms with Crippen LogP contribution in [0.2, 0.25) is 0 Å². The van der Waals surface area contributed by atoms with Crippen LogP contribution in [0.15, 0.2) is 23.3 Å². The lowest BCUT2D eigenvalue weighted by molar-refractivity contribution is 0.0914. The third-order valence-electron chi connectivity index (χ3n) is 4.75. The Morgan fingerprint density at radius 2 is 1.79 bits per heavy atom.